The SMILES string of the molecule is COc1ccc(C(=O)NN=Cc2cccc(Cl)c2)cc1. The molecule has 0 saturated heterocycles. The number of ether oxygens (including phenoxy) is 1. The maximum atomic E-state index is 11.8. The van der Waals surface area contributed by atoms with E-state index in [9.17, 15) is 4.79 Å². The smallest absolute Gasteiger partial charge is 0.271 e. The van der Waals surface area contributed by atoms with Gasteiger partial charge < -0.3 is 4.74 Å². The number of benzene rings is 2. The average molecular weight is 289 g/mol. The zero-order valence-corrected chi connectivity index (χ0v) is 11.6. The van der Waals surface area contributed by atoms with Crippen LogP contribution in [0.3, 0.4) is 0 Å². The average Bonchev–Trinajstić information content (AvgIpc) is 2.47. The highest BCUT2D eigenvalue weighted by atomic mass is 35.5. The highest BCUT2D eigenvalue weighted by Gasteiger charge is 2.03. The van der Waals surface area contributed by atoms with Crippen LogP contribution in [0.2, 0.25) is 5.02 Å². The summed E-state index contributed by atoms with van der Waals surface area (Å²) >= 11 is 5.85. The topological polar surface area (TPSA) is 50.7 Å². The number of hydrazone groups is 1. The minimum Gasteiger partial charge on any atom is -0.497 e. The lowest BCUT2D eigenvalue weighted by Gasteiger charge is -2.02. The van der Waals surface area contributed by atoms with E-state index in [1.54, 1.807) is 43.5 Å². The van der Waals surface area contributed by atoms with Crippen molar-refractivity contribution >= 4 is 23.7 Å². The Hall–Kier alpha value is -2.33. The number of hydrogen-bond acceptors (Lipinski definition) is 3. The standard InChI is InChI=1S/C15H13ClN2O2/c1-20-14-7-5-12(6-8-14)15(19)18-17-10-11-3-2-4-13(16)9-11/h2-10H,1H3,(H,18,19). The zero-order chi connectivity index (χ0) is 14.4. The van der Waals surface area contributed by atoms with E-state index < -0.39 is 0 Å². The Bertz CT molecular complexity index is 624. The van der Waals surface area contributed by atoms with Gasteiger partial charge in [0, 0.05) is 10.6 Å². The molecule has 0 heterocycles. The first-order chi connectivity index (χ1) is 9.69. The Morgan fingerprint density at radius 3 is 2.65 bits per heavy atom. The Morgan fingerprint density at radius 2 is 2.00 bits per heavy atom. The van der Waals surface area contributed by atoms with Crippen LogP contribution >= 0.6 is 11.6 Å². The summed E-state index contributed by atoms with van der Waals surface area (Å²) < 4.78 is 5.03. The van der Waals surface area contributed by atoms with Gasteiger partial charge in [0.2, 0.25) is 0 Å². The van der Waals surface area contributed by atoms with Crippen LogP contribution < -0.4 is 10.2 Å². The number of nitrogens with one attached hydrogen (secondary N) is 1. The second-order valence-corrected chi connectivity index (χ2v) is 4.42. The van der Waals surface area contributed by atoms with Crippen molar-refractivity contribution in [3.8, 4) is 5.75 Å². The van der Waals surface area contributed by atoms with Crippen molar-refractivity contribution in [2.45, 2.75) is 0 Å². The molecule has 0 atom stereocenters. The third-order valence-corrected chi connectivity index (χ3v) is 2.82. The van der Waals surface area contributed by atoms with Crippen LogP contribution in [0, 0.1) is 0 Å². The van der Waals surface area contributed by atoms with Crippen molar-refractivity contribution in [3.63, 3.8) is 0 Å². The van der Waals surface area contributed by atoms with Gasteiger partial charge in [-0.3, -0.25) is 4.79 Å². The largest absolute Gasteiger partial charge is 0.497 e. The summed E-state index contributed by atoms with van der Waals surface area (Å²) in [7, 11) is 1.57. The first-order valence-electron chi connectivity index (χ1n) is 5.92. The van der Waals surface area contributed by atoms with E-state index >= 15 is 0 Å². The summed E-state index contributed by atoms with van der Waals surface area (Å²) in [4.78, 5) is 11.8. The summed E-state index contributed by atoms with van der Waals surface area (Å²) in [5.74, 6) is 0.412. The second-order valence-electron chi connectivity index (χ2n) is 3.98. The van der Waals surface area contributed by atoms with E-state index in [4.69, 9.17) is 16.3 Å². The van der Waals surface area contributed by atoms with Crippen molar-refractivity contribution in [3.05, 3.63) is 64.7 Å². The fraction of sp³-hybridized carbons (Fsp3) is 0.0667. The molecular weight excluding hydrogens is 276 g/mol. The van der Waals surface area contributed by atoms with Gasteiger partial charge in [-0.05, 0) is 42.0 Å². The zero-order valence-electron chi connectivity index (χ0n) is 10.8. The Balaban J connectivity index is 1.97. The number of carbonyl (C=O) groups excluding carboxylic acids is 1. The third kappa shape index (κ3) is 3.83. The molecule has 0 fully saturated rings. The molecule has 2 rings (SSSR count). The summed E-state index contributed by atoms with van der Waals surface area (Å²) in [6, 6.07) is 14.0. The van der Waals surface area contributed by atoms with Crippen LogP contribution in [-0.2, 0) is 0 Å². The van der Waals surface area contributed by atoms with Gasteiger partial charge in [0.1, 0.15) is 5.75 Å². The first kappa shape index (κ1) is 14.1. The molecule has 0 aromatic heterocycles. The summed E-state index contributed by atoms with van der Waals surface area (Å²) in [5.41, 5.74) is 3.77. The summed E-state index contributed by atoms with van der Waals surface area (Å²) in [6.45, 7) is 0. The van der Waals surface area contributed by atoms with E-state index in [1.807, 2.05) is 12.1 Å². The molecule has 102 valence electrons. The number of amides is 1. The van der Waals surface area contributed by atoms with E-state index in [0.29, 0.717) is 16.3 Å². The third-order valence-electron chi connectivity index (χ3n) is 2.58. The molecule has 2 aromatic carbocycles. The van der Waals surface area contributed by atoms with Crippen molar-refractivity contribution in [1.82, 2.24) is 5.43 Å². The summed E-state index contributed by atoms with van der Waals surface area (Å²) in [6.07, 6.45) is 1.54. The highest BCUT2D eigenvalue weighted by Crippen LogP contribution is 2.11. The predicted octanol–water partition coefficient (Wildman–Crippen LogP) is 3.11. The van der Waals surface area contributed by atoms with Gasteiger partial charge >= 0.3 is 0 Å². The Kier molecular flexibility index (Phi) is 4.74. The number of hydrogen-bond donors (Lipinski definition) is 1. The van der Waals surface area contributed by atoms with Crippen molar-refractivity contribution in [2.75, 3.05) is 7.11 Å². The number of rotatable bonds is 4. The van der Waals surface area contributed by atoms with E-state index in [2.05, 4.69) is 10.5 Å². The lowest BCUT2D eigenvalue weighted by molar-refractivity contribution is 0.0955. The maximum absolute atomic E-state index is 11.8. The molecule has 0 unspecified atom stereocenters. The molecular formula is C15H13ClN2O2. The van der Waals surface area contributed by atoms with Crippen LogP contribution in [0.25, 0.3) is 0 Å². The van der Waals surface area contributed by atoms with E-state index in [1.165, 1.54) is 6.21 Å². The Labute approximate surface area is 122 Å². The van der Waals surface area contributed by atoms with Crippen LogP contribution in [0.4, 0.5) is 0 Å². The lowest BCUT2D eigenvalue weighted by atomic mass is 10.2. The number of carbonyl (C=O) groups is 1. The van der Waals surface area contributed by atoms with Crippen LogP contribution in [0.15, 0.2) is 53.6 Å². The minimum absolute atomic E-state index is 0.286. The van der Waals surface area contributed by atoms with Gasteiger partial charge in [0.25, 0.3) is 5.91 Å². The normalized spacial score (nSPS) is 10.5. The van der Waals surface area contributed by atoms with Crippen LogP contribution in [-0.4, -0.2) is 19.2 Å². The molecule has 20 heavy (non-hydrogen) atoms. The molecule has 1 amide bonds. The van der Waals surface area contributed by atoms with Gasteiger partial charge in [-0.25, -0.2) is 5.43 Å². The van der Waals surface area contributed by atoms with E-state index in [0.717, 1.165) is 5.56 Å². The van der Waals surface area contributed by atoms with Gasteiger partial charge in [-0.15, -0.1) is 0 Å². The van der Waals surface area contributed by atoms with Gasteiger partial charge in [0.05, 0.1) is 13.3 Å². The van der Waals surface area contributed by atoms with Crippen LogP contribution in [0.1, 0.15) is 15.9 Å². The molecule has 0 aliphatic rings. The molecule has 1 N–H and O–H groups in total. The first-order valence-corrected chi connectivity index (χ1v) is 6.30. The molecule has 0 spiro atoms. The quantitative estimate of drug-likeness (QED) is 0.694. The highest BCUT2D eigenvalue weighted by molar-refractivity contribution is 6.30. The van der Waals surface area contributed by atoms with Gasteiger partial charge in [-0.2, -0.15) is 5.10 Å². The predicted molar refractivity (Wildman–Crippen MR) is 79.5 cm³/mol. The van der Waals surface area contributed by atoms with Crippen LogP contribution in [0.5, 0.6) is 5.75 Å². The fourth-order valence-electron chi connectivity index (χ4n) is 1.56. The molecule has 0 radical (unpaired) electrons. The molecule has 0 aliphatic heterocycles. The maximum Gasteiger partial charge on any atom is 0.271 e. The molecule has 2 aromatic rings. The lowest BCUT2D eigenvalue weighted by Crippen LogP contribution is -2.17. The number of methoxy groups -OCH3 is 1. The van der Waals surface area contributed by atoms with Gasteiger partial charge in [0.15, 0.2) is 0 Å². The molecule has 0 aliphatic carbocycles. The van der Waals surface area contributed by atoms with Gasteiger partial charge in [-0.1, -0.05) is 23.7 Å². The Morgan fingerprint density at radius 1 is 1.25 bits per heavy atom. The number of halogens is 1. The van der Waals surface area contributed by atoms with Crippen molar-refractivity contribution < 1.29 is 9.53 Å². The molecule has 0 bridgehead atoms. The van der Waals surface area contributed by atoms with Crippen molar-refractivity contribution in [2.24, 2.45) is 5.10 Å². The summed E-state index contributed by atoms with van der Waals surface area (Å²) in [5, 5.41) is 4.51. The molecule has 4 nitrogen and oxygen atoms in total. The number of nitrogens with zero attached hydrogens (tertiary/aromatic N) is 1. The minimum atomic E-state index is -0.286. The van der Waals surface area contributed by atoms with Crippen molar-refractivity contribution in [1.29, 1.82) is 0 Å². The molecule has 5 heteroatoms. The van der Waals surface area contributed by atoms with E-state index in [-0.39, 0.29) is 5.91 Å². The molecule has 0 saturated carbocycles. The fourth-order valence-corrected chi connectivity index (χ4v) is 1.76. The second kappa shape index (κ2) is 6.73. The monoisotopic (exact) mass is 288 g/mol.